The van der Waals surface area contributed by atoms with E-state index in [9.17, 15) is 18.3 Å². The highest BCUT2D eigenvalue weighted by molar-refractivity contribution is 6.35. The van der Waals surface area contributed by atoms with Crippen molar-refractivity contribution >= 4 is 22.5 Å². The number of halogens is 4. The fraction of sp³-hybridized carbons (Fsp3) is 0.250. The van der Waals surface area contributed by atoms with Crippen molar-refractivity contribution in [1.82, 2.24) is 24.5 Å². The number of fused-ring (bicyclic) bond motifs is 1. The monoisotopic (exact) mass is 435 g/mol. The van der Waals surface area contributed by atoms with E-state index in [2.05, 4.69) is 15.2 Å². The molecule has 30 heavy (non-hydrogen) atoms. The molecular formula is C20H17ClF3N5O. The van der Waals surface area contributed by atoms with Gasteiger partial charge in [-0.15, -0.1) is 0 Å². The number of nitrogens with zero attached hydrogens (tertiary/aromatic N) is 5. The van der Waals surface area contributed by atoms with Gasteiger partial charge >= 0.3 is 0 Å². The Morgan fingerprint density at radius 1 is 1.17 bits per heavy atom. The molecule has 0 amide bonds. The molecule has 0 saturated heterocycles. The zero-order valence-corrected chi connectivity index (χ0v) is 16.8. The van der Waals surface area contributed by atoms with Crippen molar-refractivity contribution < 1.29 is 18.3 Å². The lowest BCUT2D eigenvalue weighted by Crippen LogP contribution is -2.41. The van der Waals surface area contributed by atoms with E-state index in [0.29, 0.717) is 22.7 Å². The molecule has 2 atom stereocenters. The fourth-order valence-corrected chi connectivity index (χ4v) is 3.92. The highest BCUT2D eigenvalue weighted by Gasteiger charge is 2.41. The average molecular weight is 436 g/mol. The molecule has 2 heterocycles. The van der Waals surface area contributed by atoms with Gasteiger partial charge in [-0.1, -0.05) is 17.7 Å². The first-order valence-corrected chi connectivity index (χ1v) is 9.42. The predicted octanol–water partition coefficient (Wildman–Crippen LogP) is 4.16. The molecule has 0 bridgehead atoms. The van der Waals surface area contributed by atoms with Gasteiger partial charge in [-0.3, -0.25) is 4.68 Å². The van der Waals surface area contributed by atoms with Crippen LogP contribution < -0.4 is 0 Å². The number of hydrogen-bond acceptors (Lipinski definition) is 4. The first kappa shape index (κ1) is 20.4. The molecule has 4 aromatic rings. The standard InChI is InChI=1S/C20H17ClF3N5O/c1-11-15-5-14(23)6-17(21)19(15)27-29(11)12(2)20(30,8-28-10-25-9-26-28)16-4-3-13(22)7-18(16)24/h3-7,9-10,12,30H,8H2,1-2H3/t12-,20-/m1/s1. The lowest BCUT2D eigenvalue weighted by atomic mass is 9.86. The number of aromatic nitrogens is 5. The second-order valence-corrected chi connectivity index (χ2v) is 7.54. The van der Waals surface area contributed by atoms with E-state index in [0.717, 1.165) is 12.1 Å². The third-order valence-corrected chi connectivity index (χ3v) is 5.58. The molecule has 156 valence electrons. The van der Waals surface area contributed by atoms with Crippen molar-refractivity contribution in [3.63, 3.8) is 0 Å². The summed E-state index contributed by atoms with van der Waals surface area (Å²) >= 11 is 6.14. The number of hydrogen-bond donors (Lipinski definition) is 1. The van der Waals surface area contributed by atoms with Crippen LogP contribution in [0.5, 0.6) is 0 Å². The highest BCUT2D eigenvalue weighted by Crippen LogP contribution is 2.39. The van der Waals surface area contributed by atoms with Gasteiger partial charge in [-0.05, 0) is 32.0 Å². The first-order chi connectivity index (χ1) is 14.2. The normalized spacial score (nSPS) is 14.8. The molecule has 10 heteroatoms. The van der Waals surface area contributed by atoms with Crippen molar-refractivity contribution in [1.29, 1.82) is 0 Å². The summed E-state index contributed by atoms with van der Waals surface area (Å²) in [6, 6.07) is 4.52. The minimum Gasteiger partial charge on any atom is -0.381 e. The number of aryl methyl sites for hydroxylation is 1. The third-order valence-electron chi connectivity index (χ3n) is 5.29. The maximum absolute atomic E-state index is 14.7. The highest BCUT2D eigenvalue weighted by atomic mass is 35.5. The van der Waals surface area contributed by atoms with Gasteiger partial charge in [0.25, 0.3) is 0 Å². The van der Waals surface area contributed by atoms with Crippen molar-refractivity contribution in [3.05, 3.63) is 76.7 Å². The Bertz CT molecular complexity index is 1230. The van der Waals surface area contributed by atoms with Gasteiger partial charge in [0.15, 0.2) is 0 Å². The quantitative estimate of drug-likeness (QED) is 0.511. The summed E-state index contributed by atoms with van der Waals surface area (Å²) in [4.78, 5) is 3.85. The van der Waals surface area contributed by atoms with E-state index in [-0.39, 0.29) is 17.1 Å². The topological polar surface area (TPSA) is 68.8 Å². The summed E-state index contributed by atoms with van der Waals surface area (Å²) in [6.07, 6.45) is 2.65. The van der Waals surface area contributed by atoms with E-state index in [1.54, 1.807) is 13.8 Å². The van der Waals surface area contributed by atoms with E-state index in [1.165, 1.54) is 34.2 Å². The predicted molar refractivity (Wildman–Crippen MR) is 104 cm³/mol. The Morgan fingerprint density at radius 3 is 2.60 bits per heavy atom. The Hall–Kier alpha value is -2.91. The Morgan fingerprint density at radius 2 is 1.93 bits per heavy atom. The maximum Gasteiger partial charge on any atom is 0.137 e. The Balaban J connectivity index is 1.90. The summed E-state index contributed by atoms with van der Waals surface area (Å²) < 4.78 is 44.9. The average Bonchev–Trinajstić information content (AvgIpc) is 3.29. The van der Waals surface area contributed by atoms with E-state index in [1.807, 2.05) is 0 Å². The van der Waals surface area contributed by atoms with E-state index < -0.39 is 29.1 Å². The molecule has 2 aromatic heterocycles. The van der Waals surface area contributed by atoms with Gasteiger partial charge in [0.2, 0.25) is 0 Å². The van der Waals surface area contributed by atoms with Gasteiger partial charge in [-0.25, -0.2) is 22.8 Å². The zero-order chi connectivity index (χ0) is 21.6. The molecule has 0 saturated carbocycles. The van der Waals surface area contributed by atoms with Crippen LogP contribution in [-0.4, -0.2) is 29.7 Å². The van der Waals surface area contributed by atoms with Gasteiger partial charge < -0.3 is 5.11 Å². The van der Waals surface area contributed by atoms with Crippen LogP contribution in [0.15, 0.2) is 43.0 Å². The van der Waals surface area contributed by atoms with Crippen molar-refractivity contribution in [2.24, 2.45) is 0 Å². The molecule has 4 rings (SSSR count). The van der Waals surface area contributed by atoms with Gasteiger partial charge in [0, 0.05) is 22.7 Å². The van der Waals surface area contributed by atoms with Crippen LogP contribution in [0, 0.1) is 24.4 Å². The van der Waals surface area contributed by atoms with Crippen LogP contribution in [0.1, 0.15) is 24.2 Å². The summed E-state index contributed by atoms with van der Waals surface area (Å²) in [7, 11) is 0. The van der Waals surface area contributed by atoms with Gasteiger partial charge in [-0.2, -0.15) is 10.2 Å². The maximum atomic E-state index is 14.7. The Labute approximate surface area is 174 Å². The summed E-state index contributed by atoms with van der Waals surface area (Å²) in [6.45, 7) is 3.13. The molecular weight excluding hydrogens is 419 g/mol. The van der Waals surface area contributed by atoms with Crippen molar-refractivity contribution in [3.8, 4) is 0 Å². The number of rotatable bonds is 5. The van der Waals surface area contributed by atoms with E-state index >= 15 is 0 Å². The SMILES string of the molecule is Cc1c2cc(F)cc(Cl)c2nn1[C@H](C)[C@](O)(Cn1cncn1)c1ccc(F)cc1F. The van der Waals surface area contributed by atoms with Crippen LogP contribution in [0.2, 0.25) is 5.02 Å². The van der Waals surface area contributed by atoms with Crippen LogP contribution in [0.4, 0.5) is 13.2 Å². The molecule has 1 N–H and O–H groups in total. The van der Waals surface area contributed by atoms with Crippen molar-refractivity contribution in [2.45, 2.75) is 32.0 Å². The fourth-order valence-electron chi connectivity index (χ4n) is 3.67. The molecule has 0 radical (unpaired) electrons. The zero-order valence-electron chi connectivity index (χ0n) is 16.0. The van der Waals surface area contributed by atoms with Crippen LogP contribution in [0.3, 0.4) is 0 Å². The minimum absolute atomic E-state index is 0.117. The smallest absolute Gasteiger partial charge is 0.137 e. The molecule has 0 spiro atoms. The summed E-state index contributed by atoms with van der Waals surface area (Å²) in [5, 5.41) is 20.7. The van der Waals surface area contributed by atoms with E-state index in [4.69, 9.17) is 11.6 Å². The second-order valence-electron chi connectivity index (χ2n) is 7.13. The number of benzene rings is 2. The summed E-state index contributed by atoms with van der Waals surface area (Å²) in [5.74, 6) is -2.21. The number of aliphatic hydroxyl groups is 1. The third kappa shape index (κ3) is 3.33. The first-order valence-electron chi connectivity index (χ1n) is 9.05. The largest absolute Gasteiger partial charge is 0.381 e. The summed E-state index contributed by atoms with van der Waals surface area (Å²) in [5.41, 5.74) is -1.16. The van der Waals surface area contributed by atoms with Crippen LogP contribution in [-0.2, 0) is 12.1 Å². The Kier molecular flexibility index (Phi) is 5.03. The van der Waals surface area contributed by atoms with Crippen LogP contribution >= 0.6 is 11.6 Å². The lowest BCUT2D eigenvalue weighted by Gasteiger charge is -2.35. The van der Waals surface area contributed by atoms with Gasteiger partial charge in [0.1, 0.15) is 41.2 Å². The van der Waals surface area contributed by atoms with Gasteiger partial charge in [0.05, 0.1) is 17.6 Å². The lowest BCUT2D eigenvalue weighted by molar-refractivity contribution is -0.0372. The van der Waals surface area contributed by atoms with Crippen molar-refractivity contribution in [2.75, 3.05) is 0 Å². The molecule has 0 aliphatic heterocycles. The molecule has 0 aliphatic carbocycles. The molecule has 0 aliphatic rings. The van der Waals surface area contributed by atoms with Crippen LogP contribution in [0.25, 0.3) is 10.9 Å². The minimum atomic E-state index is -1.90. The molecule has 2 aromatic carbocycles. The molecule has 0 unspecified atom stereocenters. The molecule has 0 fully saturated rings. The second kappa shape index (κ2) is 7.41. The molecule has 6 nitrogen and oxygen atoms in total.